The highest BCUT2D eigenvalue weighted by atomic mass is 19.1. The Hall–Kier alpha value is -3.52. The quantitative estimate of drug-likeness (QED) is 0.457. The second kappa shape index (κ2) is 8.92. The van der Waals surface area contributed by atoms with Crippen molar-refractivity contribution in [3.63, 3.8) is 0 Å². The van der Waals surface area contributed by atoms with Crippen LogP contribution in [-0.2, 0) is 6.54 Å². The maximum Gasteiger partial charge on any atom is 0.253 e. The molecule has 5 rings (SSSR count). The standard InChI is InChI=1S/C24H24FN5O2/c1-17-22(23(28-32-17)18-6-3-2-4-7-18)24-27-26-21(31-24)16-29-12-5-13-30(15-14-29)20-10-8-19(25)9-11-20/h2-4,6-11H,5,12-16H2,1H3. The van der Waals surface area contributed by atoms with Crippen LogP contribution < -0.4 is 4.90 Å². The van der Waals surface area contributed by atoms with Gasteiger partial charge in [0.1, 0.15) is 22.8 Å². The number of hydrogen-bond donors (Lipinski definition) is 0. The van der Waals surface area contributed by atoms with Gasteiger partial charge in [0.05, 0.1) is 6.54 Å². The fraction of sp³-hybridized carbons (Fsp3) is 0.292. The molecule has 0 spiro atoms. The SMILES string of the molecule is Cc1onc(-c2ccccc2)c1-c1nnc(CN2CCCN(c3ccc(F)cc3)CC2)o1. The summed E-state index contributed by atoms with van der Waals surface area (Å²) < 4.78 is 24.7. The van der Waals surface area contributed by atoms with Gasteiger partial charge in [-0.25, -0.2) is 4.39 Å². The zero-order valence-corrected chi connectivity index (χ0v) is 17.9. The van der Waals surface area contributed by atoms with E-state index in [1.807, 2.05) is 49.4 Å². The smallest absolute Gasteiger partial charge is 0.253 e. The molecule has 0 amide bonds. The number of halogens is 1. The first-order valence-corrected chi connectivity index (χ1v) is 10.7. The minimum atomic E-state index is -0.212. The Kier molecular flexibility index (Phi) is 5.68. The normalized spacial score (nSPS) is 15.1. The summed E-state index contributed by atoms with van der Waals surface area (Å²) in [5, 5.41) is 12.8. The summed E-state index contributed by atoms with van der Waals surface area (Å²) in [7, 11) is 0. The summed E-state index contributed by atoms with van der Waals surface area (Å²) in [5.41, 5.74) is 3.41. The molecule has 8 heteroatoms. The fourth-order valence-corrected chi connectivity index (χ4v) is 4.07. The molecule has 0 radical (unpaired) electrons. The summed E-state index contributed by atoms with van der Waals surface area (Å²) in [6.45, 7) is 5.99. The van der Waals surface area contributed by atoms with Crippen LogP contribution in [0.15, 0.2) is 63.5 Å². The molecule has 1 aliphatic rings. The van der Waals surface area contributed by atoms with E-state index in [0.717, 1.165) is 49.4 Å². The molecule has 0 N–H and O–H groups in total. The third-order valence-electron chi connectivity index (χ3n) is 5.73. The van der Waals surface area contributed by atoms with E-state index < -0.39 is 0 Å². The van der Waals surface area contributed by atoms with E-state index in [1.54, 1.807) is 0 Å². The Morgan fingerprint density at radius 3 is 2.56 bits per heavy atom. The highest BCUT2D eigenvalue weighted by molar-refractivity contribution is 5.77. The van der Waals surface area contributed by atoms with E-state index in [1.165, 1.54) is 12.1 Å². The summed E-state index contributed by atoms with van der Waals surface area (Å²) in [6, 6.07) is 16.5. The van der Waals surface area contributed by atoms with Crippen molar-refractivity contribution in [2.75, 3.05) is 31.1 Å². The van der Waals surface area contributed by atoms with Gasteiger partial charge >= 0.3 is 0 Å². The van der Waals surface area contributed by atoms with Crippen LogP contribution in [0.25, 0.3) is 22.7 Å². The first-order valence-electron chi connectivity index (χ1n) is 10.7. The van der Waals surface area contributed by atoms with Gasteiger partial charge < -0.3 is 13.8 Å². The van der Waals surface area contributed by atoms with E-state index in [2.05, 4.69) is 25.2 Å². The molecular formula is C24H24FN5O2. The molecule has 7 nitrogen and oxygen atoms in total. The maximum atomic E-state index is 13.2. The van der Waals surface area contributed by atoms with Gasteiger partial charge in [-0.3, -0.25) is 4.90 Å². The topological polar surface area (TPSA) is 71.4 Å². The van der Waals surface area contributed by atoms with Crippen LogP contribution in [0.3, 0.4) is 0 Å². The zero-order chi connectivity index (χ0) is 21.9. The lowest BCUT2D eigenvalue weighted by atomic mass is 10.1. The van der Waals surface area contributed by atoms with Crippen molar-refractivity contribution in [2.45, 2.75) is 19.9 Å². The molecule has 32 heavy (non-hydrogen) atoms. The lowest BCUT2D eigenvalue weighted by Gasteiger charge is -2.23. The van der Waals surface area contributed by atoms with Gasteiger partial charge in [0.25, 0.3) is 5.89 Å². The third kappa shape index (κ3) is 4.27. The summed E-state index contributed by atoms with van der Waals surface area (Å²) >= 11 is 0. The molecule has 0 aliphatic carbocycles. The van der Waals surface area contributed by atoms with E-state index in [9.17, 15) is 4.39 Å². The average molecular weight is 433 g/mol. The zero-order valence-electron chi connectivity index (χ0n) is 17.9. The molecule has 0 bridgehead atoms. The number of nitrogens with zero attached hydrogens (tertiary/aromatic N) is 5. The second-order valence-corrected chi connectivity index (χ2v) is 7.92. The van der Waals surface area contributed by atoms with Crippen LogP contribution in [0.5, 0.6) is 0 Å². The molecule has 164 valence electrons. The lowest BCUT2D eigenvalue weighted by Crippen LogP contribution is -2.30. The molecular weight excluding hydrogens is 409 g/mol. The predicted octanol–water partition coefficient (Wildman–Crippen LogP) is 4.55. The molecule has 1 saturated heterocycles. The average Bonchev–Trinajstić information content (AvgIpc) is 3.35. The largest absolute Gasteiger partial charge is 0.419 e. The number of aryl methyl sites for hydroxylation is 1. The van der Waals surface area contributed by atoms with Crippen LogP contribution in [-0.4, -0.2) is 46.4 Å². The van der Waals surface area contributed by atoms with Crippen molar-refractivity contribution >= 4 is 5.69 Å². The molecule has 3 heterocycles. The van der Waals surface area contributed by atoms with E-state index in [0.29, 0.717) is 29.8 Å². The van der Waals surface area contributed by atoms with Crippen molar-refractivity contribution in [1.82, 2.24) is 20.3 Å². The Morgan fingerprint density at radius 1 is 0.938 bits per heavy atom. The van der Waals surface area contributed by atoms with Gasteiger partial charge in [-0.05, 0) is 37.6 Å². The molecule has 1 aliphatic heterocycles. The molecule has 2 aromatic carbocycles. The van der Waals surface area contributed by atoms with Crippen LogP contribution >= 0.6 is 0 Å². The van der Waals surface area contributed by atoms with E-state index in [4.69, 9.17) is 8.94 Å². The molecule has 0 atom stereocenters. The van der Waals surface area contributed by atoms with Gasteiger partial charge in [-0.15, -0.1) is 10.2 Å². The summed E-state index contributed by atoms with van der Waals surface area (Å²) in [4.78, 5) is 4.59. The van der Waals surface area contributed by atoms with Gasteiger partial charge in [-0.1, -0.05) is 35.5 Å². The van der Waals surface area contributed by atoms with Gasteiger partial charge in [0.15, 0.2) is 0 Å². The Labute approximate surface area is 185 Å². The van der Waals surface area contributed by atoms with Crippen LogP contribution in [0.4, 0.5) is 10.1 Å². The lowest BCUT2D eigenvalue weighted by molar-refractivity contribution is 0.256. The highest BCUT2D eigenvalue weighted by Gasteiger charge is 2.23. The fourth-order valence-electron chi connectivity index (χ4n) is 4.07. The highest BCUT2D eigenvalue weighted by Crippen LogP contribution is 2.33. The number of anilines is 1. The number of rotatable bonds is 5. The van der Waals surface area contributed by atoms with Gasteiger partial charge in [0, 0.05) is 37.4 Å². The van der Waals surface area contributed by atoms with Crippen LogP contribution in [0.1, 0.15) is 18.1 Å². The Bertz CT molecular complexity index is 1170. The van der Waals surface area contributed by atoms with Gasteiger partial charge in [0.2, 0.25) is 5.89 Å². The Morgan fingerprint density at radius 2 is 1.75 bits per heavy atom. The number of hydrogen-bond acceptors (Lipinski definition) is 7. The first kappa shape index (κ1) is 20.4. The minimum absolute atomic E-state index is 0.212. The molecule has 0 saturated carbocycles. The number of aromatic nitrogens is 3. The molecule has 1 fully saturated rings. The molecule has 2 aromatic heterocycles. The van der Waals surface area contributed by atoms with Crippen LogP contribution in [0, 0.1) is 12.7 Å². The van der Waals surface area contributed by atoms with Gasteiger partial charge in [-0.2, -0.15) is 0 Å². The minimum Gasteiger partial charge on any atom is -0.419 e. The number of benzene rings is 2. The van der Waals surface area contributed by atoms with Crippen LogP contribution in [0.2, 0.25) is 0 Å². The Balaban J connectivity index is 1.28. The third-order valence-corrected chi connectivity index (χ3v) is 5.73. The monoisotopic (exact) mass is 433 g/mol. The van der Waals surface area contributed by atoms with E-state index in [-0.39, 0.29) is 5.82 Å². The summed E-state index contributed by atoms with van der Waals surface area (Å²) in [6.07, 6.45) is 1.00. The second-order valence-electron chi connectivity index (χ2n) is 7.92. The first-order chi connectivity index (χ1) is 15.7. The summed E-state index contributed by atoms with van der Waals surface area (Å²) in [5.74, 6) is 1.41. The molecule has 4 aromatic rings. The van der Waals surface area contributed by atoms with Crippen molar-refractivity contribution in [2.24, 2.45) is 0 Å². The van der Waals surface area contributed by atoms with Crippen molar-refractivity contribution in [3.05, 3.63) is 72.1 Å². The molecule has 0 unspecified atom stereocenters. The van der Waals surface area contributed by atoms with Crippen molar-refractivity contribution in [3.8, 4) is 22.7 Å². The van der Waals surface area contributed by atoms with E-state index >= 15 is 0 Å². The van der Waals surface area contributed by atoms with Crippen molar-refractivity contribution in [1.29, 1.82) is 0 Å². The predicted molar refractivity (Wildman–Crippen MR) is 118 cm³/mol. The van der Waals surface area contributed by atoms with Crippen molar-refractivity contribution < 1.29 is 13.3 Å². The maximum absolute atomic E-state index is 13.2.